The van der Waals surface area contributed by atoms with Gasteiger partial charge < -0.3 is 4.74 Å². The van der Waals surface area contributed by atoms with E-state index < -0.39 is 0 Å². The number of hydrogen-bond acceptors (Lipinski definition) is 1. The van der Waals surface area contributed by atoms with Gasteiger partial charge in [-0.3, -0.25) is 0 Å². The second kappa shape index (κ2) is 4.46. The highest BCUT2D eigenvalue weighted by Crippen LogP contribution is 2.21. The van der Waals surface area contributed by atoms with Crippen LogP contribution >= 0.6 is 9.24 Å². The van der Waals surface area contributed by atoms with Crippen molar-refractivity contribution in [2.24, 2.45) is 0 Å². The first-order chi connectivity index (χ1) is 7.24. The van der Waals surface area contributed by atoms with Crippen molar-refractivity contribution in [3.63, 3.8) is 0 Å². The number of rotatable bonds is 2. The van der Waals surface area contributed by atoms with Crippen LogP contribution in [0.2, 0.25) is 0 Å². The maximum absolute atomic E-state index is 5.70. The summed E-state index contributed by atoms with van der Waals surface area (Å²) in [5.41, 5.74) is 1.20. The first-order valence-electron chi connectivity index (χ1n) is 4.84. The molecule has 0 saturated heterocycles. The SMILES string of the molecule is Cc1cccc(Oc2ccc(P)cc2)c1. The van der Waals surface area contributed by atoms with E-state index in [1.165, 1.54) is 5.56 Å². The molecule has 0 fully saturated rings. The average molecular weight is 216 g/mol. The van der Waals surface area contributed by atoms with Crippen molar-refractivity contribution in [3.05, 3.63) is 54.1 Å². The Bertz CT molecular complexity index is 448. The largest absolute Gasteiger partial charge is 0.457 e. The van der Waals surface area contributed by atoms with Crippen molar-refractivity contribution in [1.82, 2.24) is 0 Å². The molecule has 76 valence electrons. The lowest BCUT2D eigenvalue weighted by Gasteiger charge is -2.06. The third kappa shape index (κ3) is 2.81. The zero-order valence-electron chi connectivity index (χ0n) is 8.60. The summed E-state index contributed by atoms with van der Waals surface area (Å²) in [7, 11) is 2.65. The summed E-state index contributed by atoms with van der Waals surface area (Å²) in [5.74, 6) is 1.75. The second-order valence-corrected chi connectivity index (χ2v) is 4.15. The minimum absolute atomic E-state index is 0.867. The van der Waals surface area contributed by atoms with Crippen molar-refractivity contribution in [2.75, 3.05) is 0 Å². The van der Waals surface area contributed by atoms with Crippen molar-refractivity contribution in [1.29, 1.82) is 0 Å². The fraction of sp³-hybridized carbons (Fsp3) is 0.0769. The van der Waals surface area contributed by atoms with Gasteiger partial charge in [0.15, 0.2) is 0 Å². The number of ether oxygens (including phenoxy) is 1. The maximum Gasteiger partial charge on any atom is 0.127 e. The molecule has 2 aromatic carbocycles. The number of aryl methyl sites for hydroxylation is 1. The van der Waals surface area contributed by atoms with E-state index in [1.807, 2.05) is 42.5 Å². The van der Waals surface area contributed by atoms with Crippen LogP contribution in [0.3, 0.4) is 0 Å². The molecule has 0 N–H and O–H groups in total. The topological polar surface area (TPSA) is 9.23 Å². The van der Waals surface area contributed by atoms with Crippen LogP contribution in [0.4, 0.5) is 0 Å². The Morgan fingerprint density at radius 2 is 1.67 bits per heavy atom. The van der Waals surface area contributed by atoms with E-state index in [4.69, 9.17) is 4.74 Å². The van der Waals surface area contributed by atoms with E-state index in [0.29, 0.717) is 0 Å². The molecule has 0 amide bonds. The smallest absolute Gasteiger partial charge is 0.127 e. The van der Waals surface area contributed by atoms with Crippen molar-refractivity contribution < 1.29 is 4.74 Å². The molecule has 2 rings (SSSR count). The van der Waals surface area contributed by atoms with Crippen molar-refractivity contribution >= 4 is 14.5 Å². The quantitative estimate of drug-likeness (QED) is 0.700. The van der Waals surface area contributed by atoms with Crippen LogP contribution in [0, 0.1) is 6.92 Å². The van der Waals surface area contributed by atoms with Gasteiger partial charge in [-0.2, -0.15) is 0 Å². The molecule has 0 aliphatic rings. The molecule has 0 heterocycles. The average Bonchev–Trinajstić information content (AvgIpc) is 2.22. The summed E-state index contributed by atoms with van der Waals surface area (Å²) >= 11 is 0. The molecule has 0 aliphatic heterocycles. The zero-order valence-corrected chi connectivity index (χ0v) is 9.76. The molecule has 0 bridgehead atoms. The summed E-state index contributed by atoms with van der Waals surface area (Å²) in [6, 6.07) is 16.0. The van der Waals surface area contributed by atoms with E-state index in [1.54, 1.807) is 0 Å². The highest BCUT2D eigenvalue weighted by molar-refractivity contribution is 7.27. The van der Waals surface area contributed by atoms with E-state index >= 15 is 0 Å². The zero-order chi connectivity index (χ0) is 10.7. The van der Waals surface area contributed by atoms with Gasteiger partial charge in [0, 0.05) is 0 Å². The highest BCUT2D eigenvalue weighted by Gasteiger charge is 1.96. The molecule has 0 aromatic heterocycles. The van der Waals surface area contributed by atoms with Gasteiger partial charge in [0.1, 0.15) is 11.5 Å². The molecular formula is C13H13OP. The Morgan fingerprint density at radius 1 is 0.933 bits per heavy atom. The fourth-order valence-electron chi connectivity index (χ4n) is 1.35. The van der Waals surface area contributed by atoms with Crippen LogP contribution in [-0.4, -0.2) is 0 Å². The van der Waals surface area contributed by atoms with Crippen LogP contribution in [0.1, 0.15) is 5.56 Å². The molecule has 1 atom stereocenters. The highest BCUT2D eigenvalue weighted by atomic mass is 31.0. The van der Waals surface area contributed by atoms with Crippen molar-refractivity contribution in [2.45, 2.75) is 6.92 Å². The Labute approximate surface area is 92.3 Å². The molecule has 0 saturated carbocycles. The first kappa shape index (κ1) is 10.2. The molecule has 0 spiro atoms. The first-order valence-corrected chi connectivity index (χ1v) is 5.42. The standard InChI is InChI=1S/C13H13OP/c1-10-3-2-4-12(9-10)14-11-5-7-13(15)8-6-11/h2-9H,15H2,1H3. The van der Waals surface area contributed by atoms with Gasteiger partial charge in [0.25, 0.3) is 0 Å². The molecule has 0 aliphatic carbocycles. The second-order valence-electron chi connectivity index (χ2n) is 3.49. The van der Waals surface area contributed by atoms with Gasteiger partial charge in [0.05, 0.1) is 0 Å². The molecule has 1 nitrogen and oxygen atoms in total. The van der Waals surface area contributed by atoms with E-state index in [2.05, 4.69) is 22.2 Å². The summed E-state index contributed by atoms with van der Waals surface area (Å²) in [4.78, 5) is 0. The van der Waals surface area contributed by atoms with Gasteiger partial charge in [-0.15, -0.1) is 9.24 Å². The minimum Gasteiger partial charge on any atom is -0.457 e. The molecule has 0 radical (unpaired) electrons. The Balaban J connectivity index is 2.18. The van der Waals surface area contributed by atoms with E-state index in [9.17, 15) is 0 Å². The Hall–Kier alpha value is -1.33. The van der Waals surface area contributed by atoms with Crippen molar-refractivity contribution in [3.8, 4) is 11.5 Å². The van der Waals surface area contributed by atoms with E-state index in [0.717, 1.165) is 16.8 Å². The third-order valence-corrected chi connectivity index (χ3v) is 2.49. The summed E-state index contributed by atoms with van der Waals surface area (Å²) in [5, 5.41) is 1.16. The lowest BCUT2D eigenvalue weighted by atomic mass is 10.2. The number of benzene rings is 2. The molecule has 2 aromatic rings. The third-order valence-electron chi connectivity index (χ3n) is 2.11. The lowest BCUT2D eigenvalue weighted by molar-refractivity contribution is 0.482. The monoisotopic (exact) mass is 216 g/mol. The minimum atomic E-state index is 0.867. The Kier molecular flexibility index (Phi) is 3.03. The van der Waals surface area contributed by atoms with Gasteiger partial charge in [-0.05, 0) is 42.1 Å². The molecule has 15 heavy (non-hydrogen) atoms. The summed E-state index contributed by atoms with van der Waals surface area (Å²) in [6.45, 7) is 2.05. The predicted octanol–water partition coefficient (Wildman–Crippen LogP) is 3.29. The molecule has 2 heteroatoms. The normalized spacial score (nSPS) is 10.0. The van der Waals surface area contributed by atoms with E-state index in [-0.39, 0.29) is 0 Å². The van der Waals surface area contributed by atoms with Crippen LogP contribution in [-0.2, 0) is 0 Å². The predicted molar refractivity (Wildman–Crippen MR) is 67.0 cm³/mol. The van der Waals surface area contributed by atoms with Gasteiger partial charge in [-0.25, -0.2) is 0 Å². The fourth-order valence-corrected chi connectivity index (χ4v) is 1.54. The van der Waals surface area contributed by atoms with Crippen LogP contribution in [0.25, 0.3) is 0 Å². The van der Waals surface area contributed by atoms with Crippen LogP contribution in [0.5, 0.6) is 11.5 Å². The molecule has 1 unspecified atom stereocenters. The molecular weight excluding hydrogens is 203 g/mol. The van der Waals surface area contributed by atoms with Crippen LogP contribution < -0.4 is 10.0 Å². The number of hydrogen-bond donors (Lipinski definition) is 0. The maximum atomic E-state index is 5.70. The summed E-state index contributed by atoms with van der Waals surface area (Å²) < 4.78 is 5.70. The van der Waals surface area contributed by atoms with Crippen LogP contribution in [0.15, 0.2) is 48.5 Å². The lowest BCUT2D eigenvalue weighted by Crippen LogP contribution is -1.89. The van der Waals surface area contributed by atoms with Gasteiger partial charge in [-0.1, -0.05) is 24.3 Å². The van der Waals surface area contributed by atoms with Gasteiger partial charge in [0.2, 0.25) is 0 Å². The Morgan fingerprint density at radius 3 is 2.33 bits per heavy atom. The summed E-state index contributed by atoms with van der Waals surface area (Å²) in [6.07, 6.45) is 0. The van der Waals surface area contributed by atoms with Gasteiger partial charge >= 0.3 is 0 Å².